The Labute approximate surface area is 105 Å². The van der Waals surface area contributed by atoms with Gasteiger partial charge in [-0.2, -0.15) is 11.8 Å². The maximum atomic E-state index is 11.8. The van der Waals surface area contributed by atoms with Crippen molar-refractivity contribution in [3.63, 3.8) is 0 Å². The van der Waals surface area contributed by atoms with Crippen LogP contribution in [0.2, 0.25) is 0 Å². The number of carbonyl (C=O) groups excluding carboxylic acids is 1. The molecule has 0 bridgehead atoms. The quantitative estimate of drug-likeness (QED) is 0.863. The molecule has 0 saturated carbocycles. The van der Waals surface area contributed by atoms with Gasteiger partial charge in [-0.1, -0.05) is 0 Å². The summed E-state index contributed by atoms with van der Waals surface area (Å²) in [7, 11) is 0. The van der Waals surface area contributed by atoms with Gasteiger partial charge in [0.25, 0.3) is 0 Å². The number of amides is 1. The predicted molar refractivity (Wildman–Crippen MR) is 71.9 cm³/mol. The molecule has 0 radical (unpaired) electrons. The van der Waals surface area contributed by atoms with Crippen LogP contribution in [-0.4, -0.2) is 22.4 Å². The van der Waals surface area contributed by atoms with E-state index in [2.05, 4.69) is 10.3 Å². The Bertz CT molecular complexity index is 374. The monoisotopic (exact) mass is 251 g/mol. The summed E-state index contributed by atoms with van der Waals surface area (Å²) in [4.78, 5) is 15.7. The van der Waals surface area contributed by atoms with Gasteiger partial charge in [0.1, 0.15) is 5.82 Å². The minimum atomic E-state index is 0.0773. The summed E-state index contributed by atoms with van der Waals surface area (Å²) in [6, 6.07) is 3.46. The zero-order chi connectivity index (χ0) is 12.1. The van der Waals surface area contributed by atoms with E-state index in [1.807, 2.05) is 11.8 Å². The van der Waals surface area contributed by atoms with Crippen molar-refractivity contribution in [2.24, 2.45) is 5.92 Å². The molecule has 0 atom stereocenters. The summed E-state index contributed by atoms with van der Waals surface area (Å²) in [5.41, 5.74) is 6.20. The topological polar surface area (TPSA) is 68.0 Å². The van der Waals surface area contributed by atoms with Crippen LogP contribution in [0.25, 0.3) is 0 Å². The fraction of sp³-hybridized carbons (Fsp3) is 0.500. The lowest BCUT2D eigenvalue weighted by Gasteiger charge is -2.20. The van der Waals surface area contributed by atoms with Crippen molar-refractivity contribution in [3.8, 4) is 0 Å². The number of carbonyl (C=O) groups is 1. The van der Waals surface area contributed by atoms with Gasteiger partial charge >= 0.3 is 0 Å². The molecule has 1 aliphatic rings. The smallest absolute Gasteiger partial charge is 0.224 e. The lowest BCUT2D eigenvalue weighted by atomic mass is 9.98. The number of nitrogens with two attached hydrogens (primary N) is 1. The molecule has 1 aliphatic heterocycles. The van der Waals surface area contributed by atoms with E-state index in [4.69, 9.17) is 5.73 Å². The van der Waals surface area contributed by atoms with Gasteiger partial charge in [0.05, 0.1) is 11.9 Å². The Kier molecular flexibility index (Phi) is 4.25. The third kappa shape index (κ3) is 3.93. The highest BCUT2D eigenvalue weighted by Crippen LogP contribution is 2.25. The standard InChI is InChI=1S/C12H17N3OS/c13-11-2-1-10(8-14-11)15-12(16)7-9-3-5-17-6-4-9/h1-2,8-9H,3-7H2,(H2,13,14)(H,15,16). The average molecular weight is 251 g/mol. The van der Waals surface area contributed by atoms with Crippen molar-refractivity contribution in [2.75, 3.05) is 22.6 Å². The summed E-state index contributed by atoms with van der Waals surface area (Å²) < 4.78 is 0. The molecular formula is C12H17N3OS. The molecule has 0 unspecified atom stereocenters. The number of aromatic nitrogens is 1. The van der Waals surface area contributed by atoms with E-state index >= 15 is 0 Å². The highest BCUT2D eigenvalue weighted by molar-refractivity contribution is 7.99. The van der Waals surface area contributed by atoms with Gasteiger partial charge in [-0.05, 0) is 42.4 Å². The number of nitrogens with zero attached hydrogens (tertiary/aromatic N) is 1. The maximum Gasteiger partial charge on any atom is 0.224 e. The molecule has 4 nitrogen and oxygen atoms in total. The SMILES string of the molecule is Nc1ccc(NC(=O)CC2CCSCC2)cn1. The van der Waals surface area contributed by atoms with E-state index in [9.17, 15) is 4.79 Å². The fourth-order valence-corrected chi connectivity index (χ4v) is 3.11. The number of anilines is 2. The second-order valence-corrected chi connectivity index (χ2v) is 5.50. The highest BCUT2D eigenvalue weighted by atomic mass is 32.2. The van der Waals surface area contributed by atoms with Crippen molar-refractivity contribution in [1.29, 1.82) is 0 Å². The van der Waals surface area contributed by atoms with Crippen molar-refractivity contribution < 1.29 is 4.79 Å². The molecule has 0 aromatic carbocycles. The van der Waals surface area contributed by atoms with Crippen molar-refractivity contribution in [2.45, 2.75) is 19.3 Å². The maximum absolute atomic E-state index is 11.8. The van der Waals surface area contributed by atoms with Gasteiger partial charge < -0.3 is 11.1 Å². The average Bonchev–Trinajstić information content (AvgIpc) is 2.33. The Morgan fingerprint density at radius 1 is 1.47 bits per heavy atom. The number of thioether (sulfide) groups is 1. The Morgan fingerprint density at radius 2 is 2.24 bits per heavy atom. The molecule has 2 rings (SSSR count). The molecular weight excluding hydrogens is 234 g/mol. The van der Waals surface area contributed by atoms with Crippen LogP contribution in [0.5, 0.6) is 0 Å². The van der Waals surface area contributed by atoms with Gasteiger partial charge in [-0.25, -0.2) is 4.98 Å². The molecule has 1 saturated heterocycles. The second-order valence-electron chi connectivity index (χ2n) is 4.28. The van der Waals surface area contributed by atoms with Crippen LogP contribution in [0.4, 0.5) is 11.5 Å². The molecule has 1 aromatic rings. The van der Waals surface area contributed by atoms with E-state index in [1.54, 1.807) is 18.3 Å². The normalized spacial score (nSPS) is 16.7. The molecule has 17 heavy (non-hydrogen) atoms. The minimum Gasteiger partial charge on any atom is -0.384 e. The summed E-state index contributed by atoms with van der Waals surface area (Å²) in [5.74, 6) is 3.45. The molecule has 1 fully saturated rings. The number of hydrogen-bond donors (Lipinski definition) is 2. The van der Waals surface area contributed by atoms with Crippen LogP contribution >= 0.6 is 11.8 Å². The van der Waals surface area contributed by atoms with Gasteiger partial charge in [0, 0.05) is 6.42 Å². The van der Waals surface area contributed by atoms with Crippen molar-refractivity contribution in [3.05, 3.63) is 18.3 Å². The van der Waals surface area contributed by atoms with Gasteiger partial charge in [-0.15, -0.1) is 0 Å². The molecule has 1 aromatic heterocycles. The second kappa shape index (κ2) is 5.91. The van der Waals surface area contributed by atoms with Crippen LogP contribution < -0.4 is 11.1 Å². The number of hydrogen-bond acceptors (Lipinski definition) is 4. The summed E-state index contributed by atoms with van der Waals surface area (Å²) in [5, 5.41) is 2.85. The fourth-order valence-electron chi connectivity index (χ4n) is 1.90. The first kappa shape index (κ1) is 12.2. The number of pyridine rings is 1. The van der Waals surface area contributed by atoms with Crippen LogP contribution in [-0.2, 0) is 4.79 Å². The lowest BCUT2D eigenvalue weighted by Crippen LogP contribution is -2.19. The van der Waals surface area contributed by atoms with E-state index < -0.39 is 0 Å². The summed E-state index contributed by atoms with van der Waals surface area (Å²) in [6.07, 6.45) is 4.51. The summed E-state index contributed by atoms with van der Waals surface area (Å²) >= 11 is 1.98. The number of rotatable bonds is 3. The minimum absolute atomic E-state index is 0.0773. The molecule has 5 heteroatoms. The molecule has 2 heterocycles. The largest absolute Gasteiger partial charge is 0.384 e. The first-order valence-corrected chi connectivity index (χ1v) is 6.98. The Hall–Kier alpha value is -1.23. The lowest BCUT2D eigenvalue weighted by molar-refractivity contribution is -0.117. The van der Waals surface area contributed by atoms with Gasteiger partial charge in [-0.3, -0.25) is 4.79 Å². The van der Waals surface area contributed by atoms with Crippen LogP contribution in [0.1, 0.15) is 19.3 Å². The van der Waals surface area contributed by atoms with Crippen molar-refractivity contribution >= 4 is 29.2 Å². The van der Waals surface area contributed by atoms with Gasteiger partial charge in [0.15, 0.2) is 0 Å². The number of nitrogen functional groups attached to an aromatic ring is 1. The van der Waals surface area contributed by atoms with E-state index in [-0.39, 0.29) is 5.91 Å². The number of nitrogens with one attached hydrogen (secondary N) is 1. The van der Waals surface area contributed by atoms with E-state index in [0.29, 0.717) is 18.2 Å². The Morgan fingerprint density at radius 3 is 2.88 bits per heavy atom. The van der Waals surface area contributed by atoms with E-state index in [0.717, 1.165) is 18.5 Å². The molecule has 3 N–H and O–H groups in total. The zero-order valence-electron chi connectivity index (χ0n) is 9.69. The molecule has 92 valence electrons. The van der Waals surface area contributed by atoms with Crippen LogP contribution in [0.3, 0.4) is 0 Å². The summed E-state index contributed by atoms with van der Waals surface area (Å²) in [6.45, 7) is 0. The van der Waals surface area contributed by atoms with Gasteiger partial charge in [0.2, 0.25) is 5.91 Å². The first-order valence-electron chi connectivity index (χ1n) is 5.83. The van der Waals surface area contributed by atoms with Crippen molar-refractivity contribution in [1.82, 2.24) is 4.98 Å². The third-order valence-electron chi connectivity index (χ3n) is 2.89. The first-order chi connectivity index (χ1) is 8.24. The molecule has 1 amide bonds. The van der Waals surface area contributed by atoms with Crippen LogP contribution in [0.15, 0.2) is 18.3 Å². The van der Waals surface area contributed by atoms with Crippen LogP contribution in [0, 0.1) is 5.92 Å². The third-order valence-corrected chi connectivity index (χ3v) is 3.93. The molecule has 0 spiro atoms. The predicted octanol–water partition coefficient (Wildman–Crippen LogP) is 2.14. The Balaban J connectivity index is 1.82. The van der Waals surface area contributed by atoms with E-state index in [1.165, 1.54) is 11.5 Å². The molecule has 0 aliphatic carbocycles. The highest BCUT2D eigenvalue weighted by Gasteiger charge is 2.17. The zero-order valence-corrected chi connectivity index (χ0v) is 10.5.